The van der Waals surface area contributed by atoms with Crippen molar-refractivity contribution in [3.8, 4) is 0 Å². The zero-order valence-electron chi connectivity index (χ0n) is 13.1. The van der Waals surface area contributed by atoms with E-state index in [2.05, 4.69) is 54.5 Å². The maximum atomic E-state index is 4.40. The topological polar surface area (TPSA) is 24.9 Å². The highest BCUT2D eigenvalue weighted by Gasteiger charge is 2.11. The molecule has 0 spiro atoms. The molecule has 1 atom stereocenters. The van der Waals surface area contributed by atoms with Crippen LogP contribution in [0.2, 0.25) is 0 Å². The predicted octanol–water partition coefficient (Wildman–Crippen LogP) is 5.62. The number of nitrogens with one attached hydrogen (secondary N) is 1. The van der Waals surface area contributed by atoms with Gasteiger partial charge in [-0.3, -0.25) is 0 Å². The Morgan fingerprint density at radius 3 is 2.62 bits per heavy atom. The summed E-state index contributed by atoms with van der Waals surface area (Å²) >= 11 is 1.73. The van der Waals surface area contributed by atoms with Crippen molar-refractivity contribution in [2.24, 2.45) is 0 Å². The monoisotopic (exact) mass is 302 g/mol. The molecule has 0 radical (unpaired) electrons. The summed E-state index contributed by atoms with van der Waals surface area (Å²) in [5.74, 6) is 0.576. The Balaban J connectivity index is 1.91. The summed E-state index contributed by atoms with van der Waals surface area (Å²) in [5, 5.41) is 4.56. The largest absolute Gasteiger partial charge is 0.361 e. The van der Waals surface area contributed by atoms with E-state index >= 15 is 0 Å². The van der Waals surface area contributed by atoms with Gasteiger partial charge < -0.3 is 5.32 Å². The van der Waals surface area contributed by atoms with Crippen LogP contribution in [0.15, 0.2) is 36.5 Å². The number of unbranched alkanes of at least 4 members (excludes halogenated alkanes) is 3. The fourth-order valence-corrected chi connectivity index (χ4v) is 3.25. The van der Waals surface area contributed by atoms with Gasteiger partial charge in [-0.05, 0) is 18.9 Å². The lowest BCUT2D eigenvalue weighted by molar-refractivity contribution is 0.567. The molecule has 1 unspecified atom stereocenters. The van der Waals surface area contributed by atoms with Crippen molar-refractivity contribution in [2.45, 2.75) is 51.9 Å². The predicted molar refractivity (Wildman–Crippen MR) is 93.3 cm³/mol. The first-order valence-electron chi connectivity index (χ1n) is 8.01. The molecule has 0 saturated heterocycles. The van der Waals surface area contributed by atoms with E-state index in [0.717, 1.165) is 11.7 Å². The van der Waals surface area contributed by atoms with Crippen LogP contribution >= 0.6 is 11.3 Å². The minimum absolute atomic E-state index is 0.576. The number of anilines is 1. The average molecular weight is 302 g/mol. The van der Waals surface area contributed by atoms with Crippen LogP contribution in [0.5, 0.6) is 0 Å². The molecule has 0 aliphatic rings. The van der Waals surface area contributed by atoms with Gasteiger partial charge in [0, 0.05) is 23.5 Å². The van der Waals surface area contributed by atoms with Crippen LogP contribution in [0.3, 0.4) is 0 Å². The Morgan fingerprint density at radius 1 is 1.14 bits per heavy atom. The second-order valence-corrected chi connectivity index (χ2v) is 6.85. The average Bonchev–Trinajstić information content (AvgIpc) is 2.93. The molecule has 0 fully saturated rings. The van der Waals surface area contributed by atoms with Crippen molar-refractivity contribution in [1.29, 1.82) is 0 Å². The van der Waals surface area contributed by atoms with E-state index in [0.29, 0.717) is 5.92 Å². The van der Waals surface area contributed by atoms with E-state index in [1.807, 2.05) is 6.20 Å². The summed E-state index contributed by atoms with van der Waals surface area (Å²) in [7, 11) is 0. The third-order valence-electron chi connectivity index (χ3n) is 3.80. The van der Waals surface area contributed by atoms with Gasteiger partial charge in [-0.25, -0.2) is 4.98 Å². The van der Waals surface area contributed by atoms with Crippen LogP contribution in [-0.2, 0) is 0 Å². The summed E-state index contributed by atoms with van der Waals surface area (Å²) in [6.07, 6.45) is 8.49. The highest BCUT2D eigenvalue weighted by Crippen LogP contribution is 2.24. The first-order valence-corrected chi connectivity index (χ1v) is 8.82. The second-order valence-electron chi connectivity index (χ2n) is 5.61. The SMILES string of the molecule is CCCCCCC(CNc1ncc(C)s1)c1ccccc1. The number of benzene rings is 1. The smallest absolute Gasteiger partial charge is 0.182 e. The fraction of sp³-hybridized carbons (Fsp3) is 0.500. The lowest BCUT2D eigenvalue weighted by Gasteiger charge is -2.18. The van der Waals surface area contributed by atoms with Gasteiger partial charge in [0.05, 0.1) is 0 Å². The van der Waals surface area contributed by atoms with E-state index in [1.165, 1.54) is 42.5 Å². The molecule has 2 aromatic rings. The van der Waals surface area contributed by atoms with Crippen LogP contribution in [0.25, 0.3) is 0 Å². The number of thiazole rings is 1. The zero-order chi connectivity index (χ0) is 14.9. The van der Waals surface area contributed by atoms with E-state index in [1.54, 1.807) is 11.3 Å². The normalized spacial score (nSPS) is 12.3. The van der Waals surface area contributed by atoms with Gasteiger partial charge in [-0.1, -0.05) is 62.9 Å². The van der Waals surface area contributed by atoms with Gasteiger partial charge in [-0.15, -0.1) is 11.3 Å². The van der Waals surface area contributed by atoms with Crippen molar-refractivity contribution in [3.05, 3.63) is 47.0 Å². The molecule has 1 aromatic carbocycles. The molecule has 1 heterocycles. The molecular formula is C18H26N2S. The highest BCUT2D eigenvalue weighted by atomic mass is 32.1. The number of nitrogens with zero attached hydrogens (tertiary/aromatic N) is 1. The van der Waals surface area contributed by atoms with Gasteiger partial charge in [0.2, 0.25) is 0 Å². The lowest BCUT2D eigenvalue weighted by Crippen LogP contribution is -2.12. The first-order chi connectivity index (χ1) is 10.3. The second kappa shape index (κ2) is 8.83. The van der Waals surface area contributed by atoms with Crippen LogP contribution in [0, 0.1) is 6.92 Å². The van der Waals surface area contributed by atoms with Crippen LogP contribution in [-0.4, -0.2) is 11.5 Å². The molecule has 0 bridgehead atoms. The van der Waals surface area contributed by atoms with E-state index in [9.17, 15) is 0 Å². The van der Waals surface area contributed by atoms with Crippen LogP contribution < -0.4 is 5.32 Å². The molecule has 2 nitrogen and oxygen atoms in total. The number of aryl methyl sites for hydroxylation is 1. The fourth-order valence-electron chi connectivity index (χ4n) is 2.58. The lowest BCUT2D eigenvalue weighted by atomic mass is 9.93. The van der Waals surface area contributed by atoms with Crippen molar-refractivity contribution in [1.82, 2.24) is 4.98 Å². The number of aromatic nitrogens is 1. The molecule has 2 rings (SSSR count). The number of rotatable bonds is 9. The number of hydrogen-bond acceptors (Lipinski definition) is 3. The quantitative estimate of drug-likeness (QED) is 0.608. The number of hydrogen-bond donors (Lipinski definition) is 1. The Hall–Kier alpha value is -1.35. The summed E-state index contributed by atoms with van der Waals surface area (Å²) < 4.78 is 0. The molecule has 0 amide bonds. The Kier molecular flexibility index (Phi) is 6.74. The summed E-state index contributed by atoms with van der Waals surface area (Å²) in [6, 6.07) is 10.9. The molecule has 114 valence electrons. The molecular weight excluding hydrogens is 276 g/mol. The third kappa shape index (κ3) is 5.50. The summed E-state index contributed by atoms with van der Waals surface area (Å²) in [4.78, 5) is 5.66. The Bertz CT molecular complexity index is 507. The summed E-state index contributed by atoms with van der Waals surface area (Å²) in [6.45, 7) is 5.34. The maximum absolute atomic E-state index is 4.40. The zero-order valence-corrected chi connectivity index (χ0v) is 14.0. The van der Waals surface area contributed by atoms with Gasteiger partial charge in [-0.2, -0.15) is 0 Å². The van der Waals surface area contributed by atoms with Crippen molar-refractivity contribution < 1.29 is 0 Å². The molecule has 3 heteroatoms. The molecule has 21 heavy (non-hydrogen) atoms. The molecule has 0 aliphatic heterocycles. The molecule has 1 aromatic heterocycles. The van der Waals surface area contributed by atoms with E-state index in [-0.39, 0.29) is 0 Å². The van der Waals surface area contributed by atoms with Crippen LogP contribution in [0.4, 0.5) is 5.13 Å². The molecule has 1 N–H and O–H groups in total. The minimum atomic E-state index is 0.576. The maximum Gasteiger partial charge on any atom is 0.182 e. The van der Waals surface area contributed by atoms with Crippen molar-refractivity contribution in [3.63, 3.8) is 0 Å². The van der Waals surface area contributed by atoms with Crippen molar-refractivity contribution >= 4 is 16.5 Å². The van der Waals surface area contributed by atoms with E-state index in [4.69, 9.17) is 0 Å². The Morgan fingerprint density at radius 2 is 1.95 bits per heavy atom. The van der Waals surface area contributed by atoms with Crippen LogP contribution in [0.1, 0.15) is 55.4 Å². The third-order valence-corrected chi connectivity index (χ3v) is 4.67. The molecule has 0 aliphatic carbocycles. The summed E-state index contributed by atoms with van der Waals surface area (Å²) in [5.41, 5.74) is 1.44. The van der Waals surface area contributed by atoms with Gasteiger partial charge in [0.15, 0.2) is 5.13 Å². The molecule has 0 saturated carbocycles. The standard InChI is InChI=1S/C18H26N2S/c1-3-4-5-7-12-17(16-10-8-6-9-11-16)14-20-18-19-13-15(2)21-18/h6,8-11,13,17H,3-5,7,12,14H2,1-2H3,(H,19,20). The van der Waals surface area contributed by atoms with E-state index < -0.39 is 0 Å². The van der Waals surface area contributed by atoms with Gasteiger partial charge in [0.1, 0.15) is 0 Å². The highest BCUT2D eigenvalue weighted by molar-refractivity contribution is 7.15. The van der Waals surface area contributed by atoms with Gasteiger partial charge in [0.25, 0.3) is 0 Å². The van der Waals surface area contributed by atoms with Crippen molar-refractivity contribution in [2.75, 3.05) is 11.9 Å². The first kappa shape index (κ1) is 16.0. The van der Waals surface area contributed by atoms with Gasteiger partial charge >= 0.3 is 0 Å². The minimum Gasteiger partial charge on any atom is -0.361 e. The Labute approximate surface area is 132 Å².